The summed E-state index contributed by atoms with van der Waals surface area (Å²) in [5.74, 6) is 1.62. The van der Waals surface area contributed by atoms with Crippen LogP contribution in [0, 0.1) is 0 Å². The summed E-state index contributed by atoms with van der Waals surface area (Å²) in [7, 11) is 0. The van der Waals surface area contributed by atoms with Crippen LogP contribution in [0.1, 0.15) is 36.4 Å². The summed E-state index contributed by atoms with van der Waals surface area (Å²) in [6, 6.07) is 0. The molecule has 2 rings (SSSR count). The first kappa shape index (κ1) is 10.8. The Balaban J connectivity index is 1.79. The van der Waals surface area contributed by atoms with Crippen molar-refractivity contribution in [2.24, 2.45) is 0 Å². The molecule has 0 atom stereocenters. The third kappa shape index (κ3) is 2.88. The monoisotopic (exact) mass is 247 g/mol. The Morgan fingerprint density at radius 2 is 2.29 bits per heavy atom. The van der Waals surface area contributed by atoms with Crippen LogP contribution in [0.5, 0.6) is 0 Å². The molecule has 14 heavy (non-hydrogen) atoms. The number of alkyl halides is 1. The molecule has 1 heterocycles. The second-order valence-corrected chi connectivity index (χ2v) is 6.08. The average Bonchev–Trinajstić information content (AvgIpc) is 2.86. The number of hydrogen-bond acceptors (Lipinski definition) is 3. The lowest BCUT2D eigenvalue weighted by molar-refractivity contribution is 0.886. The lowest BCUT2D eigenvalue weighted by Crippen LogP contribution is -1.94. The highest BCUT2D eigenvalue weighted by molar-refractivity contribution is 7.99. The van der Waals surface area contributed by atoms with Crippen molar-refractivity contribution in [1.82, 2.24) is 4.98 Å². The number of hydrogen-bond donors (Lipinski definition) is 0. The minimum Gasteiger partial charge on any atom is -0.244 e. The molecular formula is C10H14ClNS2. The molecule has 0 N–H and O–H groups in total. The predicted octanol–water partition coefficient (Wildman–Crippen LogP) is 4.06. The smallest absolute Gasteiger partial charge is 0.103 e. The predicted molar refractivity (Wildman–Crippen MR) is 65.2 cm³/mol. The molecule has 1 aromatic heterocycles. The minimum atomic E-state index is 0.546. The Morgan fingerprint density at radius 1 is 1.50 bits per heavy atom. The molecule has 0 unspecified atom stereocenters. The molecule has 78 valence electrons. The maximum absolute atomic E-state index is 5.70. The van der Waals surface area contributed by atoms with Gasteiger partial charge in [-0.1, -0.05) is 12.8 Å². The molecule has 0 bridgehead atoms. The molecule has 1 saturated carbocycles. The molecule has 4 heteroatoms. The molecule has 0 aromatic carbocycles. The minimum absolute atomic E-state index is 0.546. The van der Waals surface area contributed by atoms with Gasteiger partial charge in [-0.3, -0.25) is 0 Å². The number of rotatable bonds is 4. The van der Waals surface area contributed by atoms with Crippen molar-refractivity contribution >= 4 is 34.7 Å². The van der Waals surface area contributed by atoms with Crippen molar-refractivity contribution in [2.45, 2.75) is 42.6 Å². The fraction of sp³-hybridized carbons (Fsp3) is 0.700. The summed E-state index contributed by atoms with van der Waals surface area (Å²) in [4.78, 5) is 4.46. The van der Waals surface area contributed by atoms with Crippen LogP contribution in [0.15, 0.2) is 5.38 Å². The molecule has 1 nitrogen and oxygen atoms in total. The van der Waals surface area contributed by atoms with Crippen LogP contribution in [0.4, 0.5) is 0 Å². The SMILES string of the molecule is ClCc1csc(CSC2CCCC2)n1. The van der Waals surface area contributed by atoms with Crippen LogP contribution in [0.25, 0.3) is 0 Å². The van der Waals surface area contributed by atoms with E-state index in [4.69, 9.17) is 11.6 Å². The van der Waals surface area contributed by atoms with E-state index in [9.17, 15) is 0 Å². The zero-order valence-electron chi connectivity index (χ0n) is 8.04. The maximum Gasteiger partial charge on any atom is 0.103 e. The Hall–Kier alpha value is 0.270. The number of nitrogens with zero attached hydrogens (tertiary/aromatic N) is 1. The van der Waals surface area contributed by atoms with Crippen LogP contribution >= 0.6 is 34.7 Å². The van der Waals surface area contributed by atoms with Crippen LogP contribution in [-0.4, -0.2) is 10.2 Å². The zero-order valence-corrected chi connectivity index (χ0v) is 10.4. The van der Waals surface area contributed by atoms with Gasteiger partial charge in [-0.2, -0.15) is 11.8 Å². The van der Waals surface area contributed by atoms with Gasteiger partial charge in [0.1, 0.15) is 5.01 Å². The van der Waals surface area contributed by atoms with Gasteiger partial charge >= 0.3 is 0 Å². The summed E-state index contributed by atoms with van der Waals surface area (Å²) in [5, 5.41) is 4.19. The highest BCUT2D eigenvalue weighted by Crippen LogP contribution is 2.32. The van der Waals surface area contributed by atoms with Gasteiger partial charge in [0.2, 0.25) is 0 Å². The largest absolute Gasteiger partial charge is 0.244 e. The Labute approximate surface area is 98.3 Å². The van der Waals surface area contributed by atoms with E-state index >= 15 is 0 Å². The van der Waals surface area contributed by atoms with Gasteiger partial charge in [0, 0.05) is 16.4 Å². The van der Waals surface area contributed by atoms with Gasteiger partial charge in [0.05, 0.1) is 11.6 Å². The second-order valence-electron chi connectivity index (χ2n) is 3.58. The fourth-order valence-corrected chi connectivity index (χ4v) is 4.11. The van der Waals surface area contributed by atoms with Gasteiger partial charge in [0.25, 0.3) is 0 Å². The average molecular weight is 248 g/mol. The van der Waals surface area contributed by atoms with Gasteiger partial charge in [-0.25, -0.2) is 4.98 Å². The van der Waals surface area contributed by atoms with Crippen LogP contribution in [0.2, 0.25) is 0 Å². The third-order valence-corrected chi connectivity index (χ3v) is 5.22. The summed E-state index contributed by atoms with van der Waals surface area (Å²) in [6.07, 6.45) is 5.64. The molecule has 0 spiro atoms. The summed E-state index contributed by atoms with van der Waals surface area (Å²) >= 11 is 9.51. The second kappa shape index (κ2) is 5.38. The topological polar surface area (TPSA) is 12.9 Å². The van der Waals surface area contributed by atoms with Gasteiger partial charge in [0.15, 0.2) is 0 Å². The quantitative estimate of drug-likeness (QED) is 0.745. The van der Waals surface area contributed by atoms with E-state index in [1.54, 1.807) is 11.3 Å². The molecule has 1 aliphatic rings. The Kier molecular flexibility index (Phi) is 4.14. The standard InChI is InChI=1S/C10H14ClNS2/c11-5-8-6-14-10(12-8)7-13-9-3-1-2-4-9/h6,9H,1-5,7H2. The van der Waals surface area contributed by atoms with Crippen molar-refractivity contribution in [3.63, 3.8) is 0 Å². The van der Waals surface area contributed by atoms with Crippen LogP contribution in [-0.2, 0) is 11.6 Å². The van der Waals surface area contributed by atoms with Crippen molar-refractivity contribution in [3.05, 3.63) is 16.1 Å². The van der Waals surface area contributed by atoms with E-state index in [2.05, 4.69) is 22.1 Å². The van der Waals surface area contributed by atoms with Crippen molar-refractivity contribution < 1.29 is 0 Å². The highest BCUT2D eigenvalue weighted by atomic mass is 35.5. The van der Waals surface area contributed by atoms with Gasteiger partial charge in [-0.05, 0) is 12.8 Å². The van der Waals surface area contributed by atoms with E-state index in [1.807, 2.05) is 0 Å². The number of thioether (sulfide) groups is 1. The molecule has 1 fully saturated rings. The first-order valence-electron chi connectivity index (χ1n) is 4.99. The Bertz CT molecular complexity index is 281. The van der Waals surface area contributed by atoms with Crippen molar-refractivity contribution in [3.8, 4) is 0 Å². The summed E-state index contributed by atoms with van der Waals surface area (Å²) in [5.41, 5.74) is 1.03. The first-order chi connectivity index (χ1) is 6.88. The molecule has 1 aromatic rings. The van der Waals surface area contributed by atoms with Crippen LogP contribution < -0.4 is 0 Å². The Morgan fingerprint density at radius 3 is 2.93 bits per heavy atom. The number of halogens is 1. The first-order valence-corrected chi connectivity index (χ1v) is 7.45. The van der Waals surface area contributed by atoms with Crippen molar-refractivity contribution in [2.75, 3.05) is 0 Å². The fourth-order valence-electron chi connectivity index (χ4n) is 1.72. The van der Waals surface area contributed by atoms with E-state index in [0.29, 0.717) is 5.88 Å². The summed E-state index contributed by atoms with van der Waals surface area (Å²) < 4.78 is 0. The number of aromatic nitrogens is 1. The molecule has 1 aliphatic carbocycles. The van der Waals surface area contributed by atoms with E-state index < -0.39 is 0 Å². The molecule has 0 amide bonds. The maximum atomic E-state index is 5.70. The molecular weight excluding hydrogens is 234 g/mol. The zero-order chi connectivity index (χ0) is 9.80. The van der Waals surface area contributed by atoms with E-state index in [1.165, 1.54) is 30.7 Å². The van der Waals surface area contributed by atoms with Gasteiger partial charge < -0.3 is 0 Å². The molecule has 0 aliphatic heterocycles. The molecule has 0 saturated heterocycles. The van der Waals surface area contributed by atoms with Gasteiger partial charge in [-0.15, -0.1) is 22.9 Å². The lowest BCUT2D eigenvalue weighted by Gasteiger charge is -2.05. The van der Waals surface area contributed by atoms with E-state index in [-0.39, 0.29) is 0 Å². The third-order valence-electron chi connectivity index (χ3n) is 2.48. The molecule has 0 radical (unpaired) electrons. The summed E-state index contributed by atoms with van der Waals surface area (Å²) in [6.45, 7) is 0. The highest BCUT2D eigenvalue weighted by Gasteiger charge is 2.15. The van der Waals surface area contributed by atoms with E-state index in [0.717, 1.165) is 16.7 Å². The lowest BCUT2D eigenvalue weighted by atomic mass is 10.4. The normalized spacial score (nSPS) is 17.8. The van der Waals surface area contributed by atoms with Crippen LogP contribution in [0.3, 0.4) is 0 Å². The number of thiazole rings is 1. The van der Waals surface area contributed by atoms with Crippen molar-refractivity contribution in [1.29, 1.82) is 0 Å².